The Bertz CT molecular complexity index is 345. The highest BCUT2D eigenvalue weighted by molar-refractivity contribution is 5.82. The molecule has 0 radical (unpaired) electrons. The first kappa shape index (κ1) is 12.4. The summed E-state index contributed by atoms with van der Waals surface area (Å²) in [6.45, 7) is 2.58. The lowest BCUT2D eigenvalue weighted by molar-refractivity contribution is -0.147. The van der Waals surface area contributed by atoms with Gasteiger partial charge in [-0.15, -0.1) is 0 Å². The Kier molecular flexibility index (Phi) is 3.12. The van der Waals surface area contributed by atoms with Crippen LogP contribution in [0, 0.1) is 11.3 Å². The van der Waals surface area contributed by atoms with Crippen molar-refractivity contribution in [2.75, 3.05) is 13.1 Å². The lowest BCUT2D eigenvalue weighted by Crippen LogP contribution is -2.42. The molecule has 1 aliphatic heterocycles. The van der Waals surface area contributed by atoms with E-state index in [0.29, 0.717) is 19.5 Å². The van der Waals surface area contributed by atoms with Crippen molar-refractivity contribution in [1.29, 1.82) is 0 Å². The van der Waals surface area contributed by atoms with Crippen molar-refractivity contribution in [3.05, 3.63) is 0 Å². The van der Waals surface area contributed by atoms with E-state index in [1.54, 1.807) is 11.8 Å². The molecule has 2 rings (SSSR count). The lowest BCUT2D eigenvalue weighted by atomic mass is 9.90. The van der Waals surface area contributed by atoms with Gasteiger partial charge in [-0.25, -0.2) is 0 Å². The second-order valence-electron chi connectivity index (χ2n) is 5.58. The number of carboxylic acid groups (broad SMARTS) is 1. The molecule has 1 saturated carbocycles. The Morgan fingerprint density at radius 3 is 2.59 bits per heavy atom. The second kappa shape index (κ2) is 4.29. The van der Waals surface area contributed by atoms with Gasteiger partial charge < -0.3 is 15.7 Å². The number of nitrogens with two attached hydrogens (primary N) is 1. The number of hydrogen-bond donors (Lipinski definition) is 2. The summed E-state index contributed by atoms with van der Waals surface area (Å²) in [6, 6.07) is -0.0424. The van der Waals surface area contributed by atoms with E-state index in [9.17, 15) is 9.59 Å². The van der Waals surface area contributed by atoms with Crippen LogP contribution in [0.15, 0.2) is 0 Å². The number of amides is 1. The van der Waals surface area contributed by atoms with E-state index in [4.69, 9.17) is 10.8 Å². The van der Waals surface area contributed by atoms with E-state index in [1.807, 2.05) is 0 Å². The molecule has 5 nitrogen and oxygen atoms in total. The molecule has 96 valence electrons. The Labute approximate surface area is 101 Å². The van der Waals surface area contributed by atoms with Crippen molar-refractivity contribution in [1.82, 2.24) is 4.90 Å². The van der Waals surface area contributed by atoms with E-state index in [0.717, 1.165) is 19.3 Å². The maximum absolute atomic E-state index is 12.2. The third kappa shape index (κ3) is 2.16. The minimum Gasteiger partial charge on any atom is -0.481 e. The maximum Gasteiger partial charge on any atom is 0.311 e. The molecule has 0 spiro atoms. The Morgan fingerprint density at radius 1 is 1.41 bits per heavy atom. The molecule has 3 unspecified atom stereocenters. The fourth-order valence-electron chi connectivity index (χ4n) is 2.85. The summed E-state index contributed by atoms with van der Waals surface area (Å²) in [5.41, 5.74) is 5.13. The van der Waals surface area contributed by atoms with Crippen LogP contribution in [0.4, 0.5) is 0 Å². The van der Waals surface area contributed by atoms with Gasteiger partial charge in [0.15, 0.2) is 0 Å². The Morgan fingerprint density at radius 2 is 2.12 bits per heavy atom. The van der Waals surface area contributed by atoms with Crippen LogP contribution < -0.4 is 5.73 Å². The minimum absolute atomic E-state index is 0.0424. The number of carboxylic acids is 1. The molecular formula is C12H20N2O3. The van der Waals surface area contributed by atoms with Gasteiger partial charge in [-0.3, -0.25) is 9.59 Å². The summed E-state index contributed by atoms with van der Waals surface area (Å²) in [5.74, 6) is -0.852. The van der Waals surface area contributed by atoms with Crippen molar-refractivity contribution in [2.45, 2.75) is 38.6 Å². The summed E-state index contributed by atoms with van der Waals surface area (Å²) in [5, 5.41) is 9.13. The predicted molar refractivity (Wildman–Crippen MR) is 62.3 cm³/mol. The number of hydrogen-bond acceptors (Lipinski definition) is 3. The van der Waals surface area contributed by atoms with Gasteiger partial charge in [0.05, 0.1) is 11.3 Å². The molecule has 0 aromatic heterocycles. The SMILES string of the molecule is CC1(C(=O)O)CCN(C(=O)C2CCCC2N)C1. The zero-order chi connectivity index (χ0) is 12.6. The van der Waals surface area contributed by atoms with Crippen LogP contribution in [0.5, 0.6) is 0 Å². The van der Waals surface area contributed by atoms with E-state index in [1.165, 1.54) is 0 Å². The average Bonchev–Trinajstić information content (AvgIpc) is 2.85. The molecule has 1 aliphatic carbocycles. The predicted octanol–water partition coefficient (Wildman–Crippen LogP) is 0.437. The quantitative estimate of drug-likeness (QED) is 0.733. The minimum atomic E-state index is -0.816. The summed E-state index contributed by atoms with van der Waals surface area (Å²) in [4.78, 5) is 25.0. The van der Waals surface area contributed by atoms with Crippen molar-refractivity contribution in [3.63, 3.8) is 0 Å². The molecule has 3 atom stereocenters. The number of carbonyl (C=O) groups is 2. The largest absolute Gasteiger partial charge is 0.481 e. The molecule has 0 bridgehead atoms. The van der Waals surface area contributed by atoms with Gasteiger partial charge in [0.1, 0.15) is 0 Å². The van der Waals surface area contributed by atoms with E-state index in [2.05, 4.69) is 0 Å². The first-order valence-electron chi connectivity index (χ1n) is 6.22. The number of likely N-dealkylation sites (tertiary alicyclic amines) is 1. The highest BCUT2D eigenvalue weighted by Crippen LogP contribution is 2.33. The molecule has 0 aromatic rings. The summed E-state index contributed by atoms with van der Waals surface area (Å²) < 4.78 is 0. The molecule has 2 fully saturated rings. The van der Waals surface area contributed by atoms with Crippen LogP contribution in [0.3, 0.4) is 0 Å². The average molecular weight is 240 g/mol. The zero-order valence-corrected chi connectivity index (χ0v) is 10.2. The second-order valence-corrected chi connectivity index (χ2v) is 5.58. The van der Waals surface area contributed by atoms with E-state index < -0.39 is 11.4 Å². The van der Waals surface area contributed by atoms with Gasteiger partial charge in [-0.1, -0.05) is 6.42 Å². The molecule has 0 aromatic carbocycles. The van der Waals surface area contributed by atoms with Crippen molar-refractivity contribution in [2.24, 2.45) is 17.1 Å². The molecule has 5 heteroatoms. The first-order chi connectivity index (χ1) is 7.94. The Hall–Kier alpha value is -1.10. The lowest BCUT2D eigenvalue weighted by Gasteiger charge is -2.24. The number of carbonyl (C=O) groups excluding carboxylic acids is 1. The number of rotatable bonds is 2. The number of aliphatic carboxylic acids is 1. The molecule has 3 N–H and O–H groups in total. The highest BCUT2D eigenvalue weighted by atomic mass is 16.4. The Balaban J connectivity index is 2.01. The summed E-state index contributed by atoms with van der Waals surface area (Å²) in [6.07, 6.45) is 3.29. The van der Waals surface area contributed by atoms with E-state index >= 15 is 0 Å². The van der Waals surface area contributed by atoms with Crippen molar-refractivity contribution < 1.29 is 14.7 Å². The third-order valence-corrected chi connectivity index (χ3v) is 4.19. The topological polar surface area (TPSA) is 83.6 Å². The molecule has 17 heavy (non-hydrogen) atoms. The van der Waals surface area contributed by atoms with Crippen LogP contribution in [0.1, 0.15) is 32.6 Å². The fraction of sp³-hybridized carbons (Fsp3) is 0.833. The number of nitrogens with zero attached hydrogens (tertiary/aromatic N) is 1. The van der Waals surface area contributed by atoms with Gasteiger partial charge in [-0.05, 0) is 26.2 Å². The molecule has 1 amide bonds. The fourth-order valence-corrected chi connectivity index (χ4v) is 2.85. The molecular weight excluding hydrogens is 220 g/mol. The van der Waals surface area contributed by atoms with Crippen LogP contribution in [0.2, 0.25) is 0 Å². The van der Waals surface area contributed by atoms with Crippen molar-refractivity contribution in [3.8, 4) is 0 Å². The maximum atomic E-state index is 12.2. The normalized spacial score (nSPS) is 37.4. The van der Waals surface area contributed by atoms with Gasteiger partial charge in [0.25, 0.3) is 0 Å². The molecule has 1 saturated heterocycles. The van der Waals surface area contributed by atoms with Crippen LogP contribution in [-0.4, -0.2) is 41.0 Å². The highest BCUT2D eigenvalue weighted by Gasteiger charge is 2.44. The van der Waals surface area contributed by atoms with Crippen LogP contribution in [-0.2, 0) is 9.59 Å². The first-order valence-corrected chi connectivity index (χ1v) is 6.22. The van der Waals surface area contributed by atoms with Gasteiger partial charge >= 0.3 is 5.97 Å². The van der Waals surface area contributed by atoms with Crippen molar-refractivity contribution >= 4 is 11.9 Å². The zero-order valence-electron chi connectivity index (χ0n) is 10.2. The summed E-state index contributed by atoms with van der Waals surface area (Å²) >= 11 is 0. The van der Waals surface area contributed by atoms with Gasteiger partial charge in [-0.2, -0.15) is 0 Å². The van der Waals surface area contributed by atoms with Crippen LogP contribution >= 0.6 is 0 Å². The van der Waals surface area contributed by atoms with E-state index in [-0.39, 0.29) is 17.9 Å². The molecule has 2 aliphatic rings. The third-order valence-electron chi connectivity index (χ3n) is 4.19. The van der Waals surface area contributed by atoms with Gasteiger partial charge in [0.2, 0.25) is 5.91 Å². The van der Waals surface area contributed by atoms with Gasteiger partial charge in [0, 0.05) is 19.1 Å². The monoisotopic (exact) mass is 240 g/mol. The van der Waals surface area contributed by atoms with Crippen LogP contribution in [0.25, 0.3) is 0 Å². The molecule has 1 heterocycles. The summed E-state index contributed by atoms with van der Waals surface area (Å²) in [7, 11) is 0. The standard InChI is InChI=1S/C12H20N2O3/c1-12(11(16)17)5-6-14(7-12)10(15)8-3-2-4-9(8)13/h8-9H,2-7,13H2,1H3,(H,16,17). The smallest absolute Gasteiger partial charge is 0.311 e.